The second kappa shape index (κ2) is 6.06. The summed E-state index contributed by atoms with van der Waals surface area (Å²) in [7, 11) is 3.03. The topological polar surface area (TPSA) is 81.8 Å². The molecule has 0 aliphatic carbocycles. The van der Waals surface area contributed by atoms with Crippen molar-refractivity contribution in [2.24, 2.45) is 5.73 Å². The van der Waals surface area contributed by atoms with Crippen LogP contribution in [0.1, 0.15) is 17.0 Å². The van der Waals surface area contributed by atoms with Crippen molar-refractivity contribution in [1.29, 1.82) is 0 Å². The van der Waals surface area contributed by atoms with Crippen LogP contribution >= 0.6 is 15.9 Å². The summed E-state index contributed by atoms with van der Waals surface area (Å²) in [5.41, 5.74) is 6.88. The third-order valence-electron chi connectivity index (χ3n) is 2.71. The van der Waals surface area contributed by atoms with Gasteiger partial charge in [-0.15, -0.1) is 0 Å². The Kier molecular flexibility index (Phi) is 4.98. The van der Waals surface area contributed by atoms with Crippen LogP contribution in [0.3, 0.4) is 0 Å². The van der Waals surface area contributed by atoms with Crippen LogP contribution in [0.5, 0.6) is 11.5 Å². The van der Waals surface area contributed by atoms with E-state index in [2.05, 4.69) is 15.9 Å². The minimum Gasteiger partial charge on any atom is -0.495 e. The van der Waals surface area contributed by atoms with Crippen molar-refractivity contribution in [1.82, 2.24) is 0 Å². The number of rotatable bonds is 5. The molecule has 1 aromatic rings. The molecule has 1 unspecified atom stereocenters. The molecular formula is C12H16BrNO4. The average Bonchev–Trinajstić information content (AvgIpc) is 2.30. The maximum Gasteiger partial charge on any atom is 0.312 e. The summed E-state index contributed by atoms with van der Waals surface area (Å²) in [5, 5.41) is 9.17. The number of aryl methyl sites for hydroxylation is 1. The number of aliphatic carboxylic acids is 1. The Hall–Kier alpha value is -1.27. The van der Waals surface area contributed by atoms with E-state index in [0.717, 1.165) is 5.56 Å². The first-order valence-electron chi connectivity index (χ1n) is 5.31. The Morgan fingerprint density at radius 3 is 2.39 bits per heavy atom. The number of benzene rings is 1. The van der Waals surface area contributed by atoms with Crippen molar-refractivity contribution < 1.29 is 19.4 Å². The van der Waals surface area contributed by atoms with Gasteiger partial charge in [0, 0.05) is 12.1 Å². The van der Waals surface area contributed by atoms with Gasteiger partial charge < -0.3 is 20.3 Å². The van der Waals surface area contributed by atoms with E-state index in [1.807, 2.05) is 6.92 Å². The lowest BCUT2D eigenvalue weighted by atomic mass is 9.96. The van der Waals surface area contributed by atoms with Gasteiger partial charge in [-0.05, 0) is 34.5 Å². The molecule has 0 fully saturated rings. The summed E-state index contributed by atoms with van der Waals surface area (Å²) >= 11 is 3.37. The highest BCUT2D eigenvalue weighted by Gasteiger charge is 2.26. The van der Waals surface area contributed by atoms with Gasteiger partial charge >= 0.3 is 5.97 Å². The maximum atomic E-state index is 11.2. The van der Waals surface area contributed by atoms with Crippen LogP contribution in [0, 0.1) is 6.92 Å². The standard InChI is InChI=1S/C12H16BrNO4/c1-6-4-7(8(5-14)12(15)16)11(18-3)9(13)10(6)17-2/h4,8H,5,14H2,1-3H3,(H,15,16). The predicted molar refractivity (Wildman–Crippen MR) is 71.4 cm³/mol. The molecule has 1 aromatic carbocycles. The van der Waals surface area contributed by atoms with E-state index < -0.39 is 11.9 Å². The molecular weight excluding hydrogens is 302 g/mol. The summed E-state index contributed by atoms with van der Waals surface area (Å²) < 4.78 is 11.1. The fourth-order valence-corrected chi connectivity index (χ4v) is 2.71. The molecule has 18 heavy (non-hydrogen) atoms. The Bertz CT molecular complexity index is 462. The van der Waals surface area contributed by atoms with Gasteiger partial charge in [0.15, 0.2) is 0 Å². The number of carbonyl (C=O) groups is 1. The van der Waals surface area contributed by atoms with Gasteiger partial charge in [-0.2, -0.15) is 0 Å². The first-order chi connectivity index (χ1) is 8.47. The van der Waals surface area contributed by atoms with E-state index in [1.54, 1.807) is 13.2 Å². The number of hydrogen-bond acceptors (Lipinski definition) is 4. The zero-order chi connectivity index (χ0) is 13.9. The molecule has 0 aliphatic rings. The third-order valence-corrected chi connectivity index (χ3v) is 3.43. The highest BCUT2D eigenvalue weighted by molar-refractivity contribution is 9.10. The molecule has 0 amide bonds. The summed E-state index contributed by atoms with van der Waals surface area (Å²) in [6, 6.07) is 1.73. The van der Waals surface area contributed by atoms with Crippen LogP contribution in [0.4, 0.5) is 0 Å². The van der Waals surface area contributed by atoms with Crippen molar-refractivity contribution >= 4 is 21.9 Å². The fourth-order valence-electron chi connectivity index (χ4n) is 1.84. The Balaban J connectivity index is 3.49. The van der Waals surface area contributed by atoms with Crippen LogP contribution in [0.25, 0.3) is 0 Å². The summed E-state index contributed by atoms with van der Waals surface area (Å²) in [6.07, 6.45) is 0. The number of ether oxygens (including phenoxy) is 2. The summed E-state index contributed by atoms with van der Waals surface area (Å²) in [6.45, 7) is 1.84. The molecule has 1 rings (SSSR count). The van der Waals surface area contributed by atoms with Gasteiger partial charge in [0.2, 0.25) is 0 Å². The highest BCUT2D eigenvalue weighted by atomic mass is 79.9. The van der Waals surface area contributed by atoms with Gasteiger partial charge in [0.05, 0.1) is 20.1 Å². The number of carboxylic acids is 1. The lowest BCUT2D eigenvalue weighted by Gasteiger charge is -2.19. The maximum absolute atomic E-state index is 11.2. The monoisotopic (exact) mass is 317 g/mol. The SMILES string of the molecule is COc1c(C)cc(C(CN)C(=O)O)c(OC)c1Br. The van der Waals surface area contributed by atoms with Crippen LogP contribution in [-0.4, -0.2) is 31.8 Å². The van der Waals surface area contributed by atoms with Crippen LogP contribution < -0.4 is 15.2 Å². The summed E-state index contributed by atoms with van der Waals surface area (Å²) in [4.78, 5) is 11.2. The smallest absolute Gasteiger partial charge is 0.312 e. The van der Waals surface area contributed by atoms with E-state index >= 15 is 0 Å². The van der Waals surface area contributed by atoms with Gasteiger partial charge in [0.25, 0.3) is 0 Å². The summed E-state index contributed by atoms with van der Waals surface area (Å²) in [5.74, 6) is -0.722. The van der Waals surface area contributed by atoms with Gasteiger partial charge in [0.1, 0.15) is 16.0 Å². The molecule has 0 aromatic heterocycles. The zero-order valence-corrected chi connectivity index (χ0v) is 12.1. The van der Waals surface area contributed by atoms with Crippen molar-refractivity contribution in [2.75, 3.05) is 20.8 Å². The molecule has 0 aliphatic heterocycles. The van der Waals surface area contributed by atoms with Crippen LogP contribution in [-0.2, 0) is 4.79 Å². The minimum atomic E-state index is -0.979. The van der Waals surface area contributed by atoms with Gasteiger partial charge in [-0.1, -0.05) is 0 Å². The van der Waals surface area contributed by atoms with Crippen LogP contribution in [0.2, 0.25) is 0 Å². The van der Waals surface area contributed by atoms with E-state index in [0.29, 0.717) is 21.5 Å². The van der Waals surface area contributed by atoms with E-state index in [9.17, 15) is 9.90 Å². The lowest BCUT2D eigenvalue weighted by molar-refractivity contribution is -0.138. The number of methoxy groups -OCH3 is 2. The second-order valence-corrected chi connectivity index (χ2v) is 4.58. The van der Waals surface area contributed by atoms with E-state index in [-0.39, 0.29) is 6.54 Å². The van der Waals surface area contributed by atoms with Crippen molar-refractivity contribution in [3.63, 3.8) is 0 Å². The normalized spacial score (nSPS) is 12.1. The zero-order valence-electron chi connectivity index (χ0n) is 10.5. The van der Waals surface area contributed by atoms with Crippen molar-refractivity contribution in [3.8, 4) is 11.5 Å². The number of carboxylic acid groups (broad SMARTS) is 1. The molecule has 0 radical (unpaired) electrons. The lowest BCUT2D eigenvalue weighted by Crippen LogP contribution is -2.22. The highest BCUT2D eigenvalue weighted by Crippen LogP contribution is 2.42. The fraction of sp³-hybridized carbons (Fsp3) is 0.417. The van der Waals surface area contributed by atoms with E-state index in [4.69, 9.17) is 15.2 Å². The van der Waals surface area contributed by atoms with Gasteiger partial charge in [-0.25, -0.2) is 0 Å². The molecule has 6 heteroatoms. The Morgan fingerprint density at radius 2 is 2.00 bits per heavy atom. The number of hydrogen-bond donors (Lipinski definition) is 2. The quantitative estimate of drug-likeness (QED) is 0.866. The first-order valence-corrected chi connectivity index (χ1v) is 6.11. The molecule has 0 bridgehead atoms. The molecule has 100 valence electrons. The first kappa shape index (κ1) is 14.8. The second-order valence-electron chi connectivity index (χ2n) is 3.79. The average molecular weight is 318 g/mol. The molecule has 0 saturated heterocycles. The molecule has 5 nitrogen and oxygen atoms in total. The molecule has 3 N–H and O–H groups in total. The molecule has 1 atom stereocenters. The third kappa shape index (κ3) is 2.59. The number of halogens is 1. The minimum absolute atomic E-state index is 0.00387. The largest absolute Gasteiger partial charge is 0.495 e. The molecule has 0 saturated carbocycles. The van der Waals surface area contributed by atoms with Crippen molar-refractivity contribution in [3.05, 3.63) is 21.7 Å². The van der Waals surface area contributed by atoms with E-state index in [1.165, 1.54) is 7.11 Å². The Morgan fingerprint density at radius 1 is 1.44 bits per heavy atom. The molecule has 0 heterocycles. The molecule has 0 spiro atoms. The Labute approximate surface area is 114 Å². The van der Waals surface area contributed by atoms with Crippen molar-refractivity contribution in [2.45, 2.75) is 12.8 Å². The van der Waals surface area contributed by atoms with Gasteiger partial charge in [-0.3, -0.25) is 4.79 Å². The number of nitrogens with two attached hydrogens (primary N) is 1. The predicted octanol–water partition coefficient (Wildman–Crippen LogP) is 1.90. The van der Waals surface area contributed by atoms with Crippen LogP contribution in [0.15, 0.2) is 10.5 Å².